The Morgan fingerprint density at radius 3 is 2.36 bits per heavy atom. The van der Waals surface area contributed by atoms with Crippen LogP contribution in [0.1, 0.15) is 42.5 Å². The van der Waals surface area contributed by atoms with Crippen molar-refractivity contribution in [2.75, 3.05) is 37.7 Å². The second kappa shape index (κ2) is 8.00. The first-order valence-corrected chi connectivity index (χ1v) is 10.8. The molecule has 0 bridgehead atoms. The number of likely N-dealkylation sites (tertiary alicyclic amines) is 2. The molecular formula is C20H28N2O2S. The quantitative estimate of drug-likeness (QED) is 0.825. The fraction of sp³-hybridized carbons (Fsp3) is 0.650. The number of carbonyl (C=O) groups is 1. The predicted octanol–water partition coefficient (Wildman–Crippen LogP) is 3.27. The molecule has 5 heteroatoms. The third kappa shape index (κ3) is 4.14. The lowest BCUT2D eigenvalue weighted by molar-refractivity contribution is 0.0791. The Morgan fingerprint density at radius 2 is 1.72 bits per heavy atom. The molecule has 3 fully saturated rings. The minimum atomic E-state index is 0.159. The molecule has 0 radical (unpaired) electrons. The van der Waals surface area contributed by atoms with Gasteiger partial charge in [0.05, 0.1) is 0 Å². The Kier molecular flexibility index (Phi) is 5.51. The fourth-order valence-electron chi connectivity index (χ4n) is 4.14. The van der Waals surface area contributed by atoms with Gasteiger partial charge in [-0.25, -0.2) is 0 Å². The number of hydrogen-bond acceptors (Lipinski definition) is 4. The highest BCUT2D eigenvalue weighted by atomic mass is 32.2. The molecule has 1 aromatic rings. The van der Waals surface area contributed by atoms with E-state index in [9.17, 15) is 4.79 Å². The van der Waals surface area contributed by atoms with Crippen LogP contribution >= 0.6 is 11.8 Å². The first kappa shape index (κ1) is 17.2. The molecule has 0 saturated carbocycles. The number of benzene rings is 1. The van der Waals surface area contributed by atoms with Crippen molar-refractivity contribution in [1.82, 2.24) is 9.80 Å². The Balaban J connectivity index is 1.27. The van der Waals surface area contributed by atoms with E-state index in [0.717, 1.165) is 69.2 Å². The largest absolute Gasteiger partial charge is 0.490 e. The highest BCUT2D eigenvalue weighted by Gasteiger charge is 2.28. The lowest BCUT2D eigenvalue weighted by Gasteiger charge is -2.35. The van der Waals surface area contributed by atoms with Gasteiger partial charge in [-0.1, -0.05) is 0 Å². The number of nitrogens with zero attached hydrogens (tertiary/aromatic N) is 2. The second-order valence-corrected chi connectivity index (χ2v) is 8.54. The minimum absolute atomic E-state index is 0.159. The van der Waals surface area contributed by atoms with Crippen LogP contribution in [-0.4, -0.2) is 65.5 Å². The molecule has 0 spiro atoms. The molecule has 3 heterocycles. The number of piperidine rings is 1. The molecule has 3 aliphatic rings. The van der Waals surface area contributed by atoms with Crippen LogP contribution in [-0.2, 0) is 0 Å². The zero-order valence-electron chi connectivity index (χ0n) is 14.9. The molecule has 3 aliphatic heterocycles. The van der Waals surface area contributed by atoms with Crippen molar-refractivity contribution in [3.05, 3.63) is 29.8 Å². The van der Waals surface area contributed by atoms with E-state index in [2.05, 4.69) is 16.7 Å². The predicted molar refractivity (Wildman–Crippen MR) is 103 cm³/mol. The average Bonchev–Trinajstić information content (AvgIpc) is 3.36. The van der Waals surface area contributed by atoms with E-state index in [1.807, 2.05) is 29.2 Å². The molecule has 1 amide bonds. The van der Waals surface area contributed by atoms with Crippen LogP contribution < -0.4 is 4.74 Å². The van der Waals surface area contributed by atoms with Crippen molar-refractivity contribution in [2.24, 2.45) is 0 Å². The van der Waals surface area contributed by atoms with E-state index < -0.39 is 0 Å². The summed E-state index contributed by atoms with van der Waals surface area (Å²) < 4.78 is 6.17. The van der Waals surface area contributed by atoms with Gasteiger partial charge in [0.25, 0.3) is 5.91 Å². The van der Waals surface area contributed by atoms with E-state index in [-0.39, 0.29) is 5.91 Å². The zero-order chi connectivity index (χ0) is 17.1. The smallest absolute Gasteiger partial charge is 0.253 e. The maximum atomic E-state index is 12.4. The number of amides is 1. The SMILES string of the molecule is O=C(c1ccc(OC2CCN([C@H]3CCSC3)CC2)cc1)N1CCCC1. The summed E-state index contributed by atoms with van der Waals surface area (Å²) in [5.41, 5.74) is 0.780. The van der Waals surface area contributed by atoms with Crippen molar-refractivity contribution in [1.29, 1.82) is 0 Å². The molecular weight excluding hydrogens is 332 g/mol. The standard InChI is InChI=1S/C20H28N2O2S/c23-20(22-10-1-2-11-22)16-3-5-18(6-4-16)24-19-7-12-21(13-8-19)17-9-14-25-15-17/h3-6,17,19H,1-2,7-15H2/t17-/m0/s1. The number of carbonyl (C=O) groups excluding carboxylic acids is 1. The first-order chi connectivity index (χ1) is 12.3. The lowest BCUT2D eigenvalue weighted by Crippen LogP contribution is -2.44. The van der Waals surface area contributed by atoms with E-state index in [0.29, 0.717) is 6.10 Å². The van der Waals surface area contributed by atoms with Gasteiger partial charge in [-0.3, -0.25) is 9.69 Å². The van der Waals surface area contributed by atoms with Gasteiger partial charge in [-0.15, -0.1) is 0 Å². The summed E-state index contributed by atoms with van der Waals surface area (Å²) in [7, 11) is 0. The Labute approximate surface area is 154 Å². The average molecular weight is 361 g/mol. The molecule has 1 atom stereocenters. The van der Waals surface area contributed by atoms with Gasteiger partial charge in [0.15, 0.2) is 0 Å². The van der Waals surface area contributed by atoms with Crippen LogP contribution in [0.2, 0.25) is 0 Å². The molecule has 0 aromatic heterocycles. The summed E-state index contributed by atoms with van der Waals surface area (Å²) in [4.78, 5) is 17.0. The normalized spacial score (nSPS) is 25.4. The van der Waals surface area contributed by atoms with Crippen LogP contribution in [0.15, 0.2) is 24.3 Å². The van der Waals surface area contributed by atoms with Crippen molar-refractivity contribution in [2.45, 2.75) is 44.2 Å². The highest BCUT2D eigenvalue weighted by Crippen LogP contribution is 2.27. The number of ether oxygens (including phenoxy) is 1. The van der Waals surface area contributed by atoms with Crippen LogP contribution in [0.25, 0.3) is 0 Å². The van der Waals surface area contributed by atoms with Crippen LogP contribution in [0.3, 0.4) is 0 Å². The van der Waals surface area contributed by atoms with Crippen LogP contribution in [0.5, 0.6) is 5.75 Å². The molecule has 1 aromatic carbocycles. The summed E-state index contributed by atoms with van der Waals surface area (Å²) in [6.07, 6.45) is 6.13. The maximum absolute atomic E-state index is 12.4. The van der Waals surface area contributed by atoms with E-state index >= 15 is 0 Å². The van der Waals surface area contributed by atoms with Crippen molar-refractivity contribution >= 4 is 17.7 Å². The highest BCUT2D eigenvalue weighted by molar-refractivity contribution is 7.99. The molecule has 25 heavy (non-hydrogen) atoms. The minimum Gasteiger partial charge on any atom is -0.490 e. The fourth-order valence-corrected chi connectivity index (χ4v) is 5.40. The molecule has 136 valence electrons. The lowest BCUT2D eigenvalue weighted by atomic mass is 10.0. The van der Waals surface area contributed by atoms with E-state index in [1.54, 1.807) is 0 Å². The van der Waals surface area contributed by atoms with Gasteiger partial charge < -0.3 is 9.64 Å². The number of hydrogen-bond donors (Lipinski definition) is 0. The van der Waals surface area contributed by atoms with Crippen molar-refractivity contribution in [3.63, 3.8) is 0 Å². The number of thioether (sulfide) groups is 1. The molecule has 0 N–H and O–H groups in total. The molecule has 0 unspecified atom stereocenters. The van der Waals surface area contributed by atoms with Gasteiger partial charge in [-0.2, -0.15) is 11.8 Å². The summed E-state index contributed by atoms with van der Waals surface area (Å²) in [5.74, 6) is 3.68. The van der Waals surface area contributed by atoms with E-state index in [4.69, 9.17) is 4.74 Å². The maximum Gasteiger partial charge on any atom is 0.253 e. The van der Waals surface area contributed by atoms with E-state index in [1.165, 1.54) is 17.9 Å². The summed E-state index contributed by atoms with van der Waals surface area (Å²) >= 11 is 2.09. The van der Waals surface area contributed by atoms with Gasteiger partial charge in [0.2, 0.25) is 0 Å². The second-order valence-electron chi connectivity index (χ2n) is 7.39. The Morgan fingerprint density at radius 1 is 1.00 bits per heavy atom. The summed E-state index contributed by atoms with van der Waals surface area (Å²) in [5, 5.41) is 0. The Bertz CT molecular complexity index is 572. The Hall–Kier alpha value is -1.20. The van der Waals surface area contributed by atoms with Gasteiger partial charge >= 0.3 is 0 Å². The van der Waals surface area contributed by atoms with Crippen LogP contribution in [0, 0.1) is 0 Å². The van der Waals surface area contributed by atoms with Crippen LogP contribution in [0.4, 0.5) is 0 Å². The first-order valence-electron chi connectivity index (χ1n) is 9.67. The molecule has 0 aliphatic carbocycles. The van der Waals surface area contributed by atoms with Gasteiger partial charge in [0.1, 0.15) is 11.9 Å². The summed E-state index contributed by atoms with van der Waals surface area (Å²) in [6, 6.07) is 8.55. The van der Waals surface area contributed by atoms with Crippen molar-refractivity contribution < 1.29 is 9.53 Å². The van der Waals surface area contributed by atoms with Gasteiger partial charge in [-0.05, 0) is 62.1 Å². The van der Waals surface area contributed by atoms with Gasteiger partial charge in [0, 0.05) is 43.5 Å². The zero-order valence-corrected chi connectivity index (χ0v) is 15.7. The topological polar surface area (TPSA) is 32.8 Å². The molecule has 4 nitrogen and oxygen atoms in total. The third-order valence-corrected chi connectivity index (χ3v) is 6.84. The third-order valence-electron chi connectivity index (χ3n) is 5.70. The van der Waals surface area contributed by atoms with Crippen molar-refractivity contribution in [3.8, 4) is 5.75 Å². The summed E-state index contributed by atoms with van der Waals surface area (Å²) in [6.45, 7) is 4.10. The monoisotopic (exact) mass is 360 g/mol. The molecule has 3 saturated heterocycles. The molecule has 4 rings (SSSR count). The number of rotatable bonds is 4.